The summed E-state index contributed by atoms with van der Waals surface area (Å²) in [6.45, 7) is 0.505. The zero-order valence-corrected chi connectivity index (χ0v) is 17.4. The number of likely N-dealkylation sites (tertiary alicyclic amines) is 1. The zero-order valence-electron chi connectivity index (χ0n) is 17.4. The number of nitrogens with zero attached hydrogens (tertiary/aromatic N) is 1. The third kappa shape index (κ3) is 3.66. The molecule has 0 spiro atoms. The summed E-state index contributed by atoms with van der Waals surface area (Å²) in [6.07, 6.45) is 0. The summed E-state index contributed by atoms with van der Waals surface area (Å²) in [6, 6.07) is 19.5. The van der Waals surface area contributed by atoms with E-state index in [4.69, 9.17) is 9.47 Å². The second-order valence-corrected chi connectivity index (χ2v) is 7.28. The van der Waals surface area contributed by atoms with Gasteiger partial charge in [0.1, 0.15) is 11.5 Å². The van der Waals surface area contributed by atoms with Crippen molar-refractivity contribution in [1.82, 2.24) is 4.90 Å². The molecule has 1 aliphatic heterocycles. The van der Waals surface area contributed by atoms with Crippen molar-refractivity contribution in [1.29, 1.82) is 0 Å². The van der Waals surface area contributed by atoms with Gasteiger partial charge in [-0.25, -0.2) is 0 Å². The average Bonchev–Trinajstić information content (AvgIpc) is 3.06. The number of benzene rings is 3. The third-order valence-electron chi connectivity index (χ3n) is 5.56. The Morgan fingerprint density at radius 3 is 2.39 bits per heavy atom. The number of aliphatic hydroxyl groups excluding tert-OH is 1. The fourth-order valence-corrected chi connectivity index (χ4v) is 4.02. The number of hydrogen-bond donors (Lipinski definition) is 1. The molecule has 1 unspecified atom stereocenters. The summed E-state index contributed by atoms with van der Waals surface area (Å²) in [5.74, 6) is -0.936. The Labute approximate surface area is 180 Å². The number of hydrogen-bond acceptors (Lipinski definition) is 5. The summed E-state index contributed by atoms with van der Waals surface area (Å²) >= 11 is 0. The highest BCUT2D eigenvalue weighted by atomic mass is 16.5. The van der Waals surface area contributed by atoms with Crippen LogP contribution in [0.1, 0.15) is 17.2 Å². The SMILES string of the molecule is COCCN1C(=O)C(=O)C(=C(O)c2ccc(OC)cc2)C1c1cccc2ccccc12. The van der Waals surface area contributed by atoms with E-state index < -0.39 is 17.7 Å². The number of methoxy groups -OCH3 is 2. The summed E-state index contributed by atoms with van der Waals surface area (Å²) in [5, 5.41) is 13.0. The molecule has 31 heavy (non-hydrogen) atoms. The van der Waals surface area contributed by atoms with Gasteiger partial charge in [-0.05, 0) is 40.6 Å². The monoisotopic (exact) mass is 417 g/mol. The molecule has 6 heteroatoms. The predicted octanol–water partition coefficient (Wildman–Crippen LogP) is 3.92. The maximum atomic E-state index is 13.1. The molecule has 4 rings (SSSR count). The maximum Gasteiger partial charge on any atom is 0.295 e. The minimum absolute atomic E-state index is 0.0719. The number of ketones is 1. The Bertz CT molecular complexity index is 1160. The lowest BCUT2D eigenvalue weighted by atomic mass is 9.91. The second-order valence-electron chi connectivity index (χ2n) is 7.28. The summed E-state index contributed by atoms with van der Waals surface area (Å²) < 4.78 is 10.3. The van der Waals surface area contributed by atoms with E-state index in [-0.39, 0.29) is 24.5 Å². The van der Waals surface area contributed by atoms with Crippen molar-refractivity contribution in [3.63, 3.8) is 0 Å². The predicted molar refractivity (Wildman–Crippen MR) is 118 cm³/mol. The first-order chi connectivity index (χ1) is 15.1. The molecule has 1 atom stereocenters. The van der Waals surface area contributed by atoms with Crippen LogP contribution in [0.25, 0.3) is 16.5 Å². The van der Waals surface area contributed by atoms with Crippen LogP contribution in [0, 0.1) is 0 Å². The van der Waals surface area contributed by atoms with E-state index in [0.29, 0.717) is 11.3 Å². The molecular formula is C25H23NO5. The number of ether oxygens (including phenoxy) is 2. The molecule has 0 saturated carbocycles. The van der Waals surface area contributed by atoms with Crippen molar-refractivity contribution < 1.29 is 24.2 Å². The van der Waals surface area contributed by atoms with Crippen LogP contribution in [0.2, 0.25) is 0 Å². The minimum atomic E-state index is -0.719. The van der Waals surface area contributed by atoms with Gasteiger partial charge < -0.3 is 19.5 Å². The lowest BCUT2D eigenvalue weighted by Crippen LogP contribution is -2.32. The van der Waals surface area contributed by atoms with E-state index in [1.807, 2.05) is 42.5 Å². The summed E-state index contributed by atoms with van der Waals surface area (Å²) in [4.78, 5) is 27.5. The van der Waals surface area contributed by atoms with Gasteiger partial charge >= 0.3 is 0 Å². The molecule has 3 aromatic carbocycles. The molecule has 0 aromatic heterocycles. The molecule has 1 fully saturated rings. The highest BCUT2D eigenvalue weighted by molar-refractivity contribution is 6.46. The Balaban J connectivity index is 1.92. The molecule has 6 nitrogen and oxygen atoms in total. The zero-order chi connectivity index (χ0) is 22.0. The van der Waals surface area contributed by atoms with Crippen LogP contribution in [0.15, 0.2) is 72.3 Å². The van der Waals surface area contributed by atoms with Gasteiger partial charge in [0.05, 0.1) is 25.3 Å². The molecule has 1 heterocycles. The van der Waals surface area contributed by atoms with E-state index >= 15 is 0 Å². The van der Waals surface area contributed by atoms with Crippen molar-refractivity contribution >= 4 is 28.2 Å². The van der Waals surface area contributed by atoms with E-state index in [9.17, 15) is 14.7 Å². The van der Waals surface area contributed by atoms with Gasteiger partial charge in [0.2, 0.25) is 0 Å². The fraction of sp³-hybridized carbons (Fsp3) is 0.200. The number of amides is 1. The maximum absolute atomic E-state index is 13.1. The van der Waals surface area contributed by atoms with E-state index in [1.54, 1.807) is 38.5 Å². The van der Waals surface area contributed by atoms with Crippen LogP contribution in [0.4, 0.5) is 0 Å². The smallest absolute Gasteiger partial charge is 0.295 e. The van der Waals surface area contributed by atoms with Gasteiger partial charge in [-0.1, -0.05) is 42.5 Å². The normalized spacial score (nSPS) is 18.0. The molecule has 158 valence electrons. The summed E-state index contributed by atoms with van der Waals surface area (Å²) in [7, 11) is 3.09. The molecular weight excluding hydrogens is 394 g/mol. The number of Topliss-reactive ketones (excluding diaryl/α,β-unsaturated/α-hetero) is 1. The molecule has 1 amide bonds. The Morgan fingerprint density at radius 2 is 1.68 bits per heavy atom. The van der Waals surface area contributed by atoms with Gasteiger partial charge in [0.25, 0.3) is 11.7 Å². The Hall–Kier alpha value is -3.64. The van der Waals surface area contributed by atoms with Gasteiger partial charge in [-0.3, -0.25) is 9.59 Å². The number of fused-ring (bicyclic) bond motifs is 1. The fourth-order valence-electron chi connectivity index (χ4n) is 4.02. The molecule has 1 saturated heterocycles. The van der Waals surface area contributed by atoms with Crippen LogP contribution >= 0.6 is 0 Å². The number of carbonyl (C=O) groups is 2. The third-order valence-corrected chi connectivity index (χ3v) is 5.56. The molecule has 3 aromatic rings. The van der Waals surface area contributed by atoms with Gasteiger partial charge in [0.15, 0.2) is 0 Å². The van der Waals surface area contributed by atoms with E-state index in [0.717, 1.165) is 16.3 Å². The Kier molecular flexibility index (Phi) is 5.73. The Morgan fingerprint density at radius 1 is 0.968 bits per heavy atom. The lowest BCUT2D eigenvalue weighted by Gasteiger charge is -2.26. The van der Waals surface area contributed by atoms with Crippen molar-refractivity contribution in [3.05, 3.63) is 83.4 Å². The highest BCUT2D eigenvalue weighted by Crippen LogP contribution is 2.41. The minimum Gasteiger partial charge on any atom is -0.507 e. The van der Waals surface area contributed by atoms with Crippen molar-refractivity contribution in [2.75, 3.05) is 27.4 Å². The van der Waals surface area contributed by atoms with Crippen molar-refractivity contribution in [3.8, 4) is 5.75 Å². The van der Waals surface area contributed by atoms with Crippen molar-refractivity contribution in [2.45, 2.75) is 6.04 Å². The average molecular weight is 417 g/mol. The van der Waals surface area contributed by atoms with E-state index in [1.165, 1.54) is 4.90 Å². The second kappa shape index (κ2) is 8.62. The molecule has 1 aliphatic rings. The number of rotatable bonds is 6. The highest BCUT2D eigenvalue weighted by Gasteiger charge is 2.46. The molecule has 0 radical (unpaired) electrons. The standard InChI is InChI=1S/C25H23NO5/c1-30-15-14-26-22(20-9-5-7-16-6-3-4-8-19(16)20)21(24(28)25(26)29)23(27)17-10-12-18(31-2)13-11-17/h3-13,22,27H,14-15H2,1-2H3. The van der Waals surface area contributed by atoms with E-state index in [2.05, 4.69) is 0 Å². The quantitative estimate of drug-likeness (QED) is 0.374. The molecule has 1 N–H and O–H groups in total. The van der Waals surface area contributed by atoms with Crippen LogP contribution in [-0.2, 0) is 14.3 Å². The first-order valence-electron chi connectivity index (χ1n) is 9.96. The van der Waals surface area contributed by atoms with Crippen molar-refractivity contribution in [2.24, 2.45) is 0 Å². The van der Waals surface area contributed by atoms with Gasteiger partial charge in [-0.15, -0.1) is 0 Å². The van der Waals surface area contributed by atoms with Crippen LogP contribution in [-0.4, -0.2) is 49.1 Å². The first-order valence-corrected chi connectivity index (χ1v) is 9.96. The van der Waals surface area contributed by atoms with Gasteiger partial charge in [-0.2, -0.15) is 0 Å². The molecule has 0 bridgehead atoms. The summed E-state index contributed by atoms with van der Waals surface area (Å²) in [5.41, 5.74) is 1.29. The van der Waals surface area contributed by atoms with Gasteiger partial charge in [0, 0.05) is 19.2 Å². The lowest BCUT2D eigenvalue weighted by molar-refractivity contribution is -0.140. The number of carbonyl (C=O) groups excluding carboxylic acids is 2. The van der Waals surface area contributed by atoms with Crippen LogP contribution in [0.3, 0.4) is 0 Å². The van der Waals surface area contributed by atoms with Crippen LogP contribution in [0.5, 0.6) is 5.75 Å². The van der Waals surface area contributed by atoms with Crippen LogP contribution < -0.4 is 4.74 Å². The first kappa shape index (κ1) is 20.6. The largest absolute Gasteiger partial charge is 0.507 e. The number of aliphatic hydroxyl groups is 1. The molecule has 0 aliphatic carbocycles. The topological polar surface area (TPSA) is 76.1 Å².